The van der Waals surface area contributed by atoms with Crippen LogP contribution in [-0.2, 0) is 37.9 Å². The van der Waals surface area contributed by atoms with Crippen molar-refractivity contribution < 1.29 is 0 Å². The van der Waals surface area contributed by atoms with E-state index in [1.54, 1.807) is 11.1 Å². The Morgan fingerprint density at radius 3 is 1.81 bits per heavy atom. The summed E-state index contributed by atoms with van der Waals surface area (Å²) < 4.78 is 2.93. The van der Waals surface area contributed by atoms with Gasteiger partial charge in [0.05, 0.1) is 11.2 Å². The number of rotatable bonds is 3. The van der Waals surface area contributed by atoms with Crippen molar-refractivity contribution in [3.8, 4) is 0 Å². The monoisotopic (exact) mass is 992 g/mol. The van der Waals surface area contributed by atoms with E-state index < -0.39 is 0 Å². The first kappa shape index (κ1) is 47.2. The lowest BCUT2D eigenvalue weighted by atomic mass is 9.36. The zero-order valence-corrected chi connectivity index (χ0v) is 47.9. The Balaban J connectivity index is 1.13. The molecule has 4 heterocycles. The zero-order valence-electron chi connectivity index (χ0n) is 47.1. The number of benzene rings is 6. The highest BCUT2D eigenvalue weighted by atomic mass is 32.1. The molecule has 14 rings (SSSR count). The van der Waals surface area contributed by atoms with Crippen LogP contribution in [0.3, 0.4) is 0 Å². The van der Waals surface area contributed by atoms with Gasteiger partial charge < -0.3 is 14.7 Å². The van der Waals surface area contributed by atoms with E-state index >= 15 is 0 Å². The summed E-state index contributed by atoms with van der Waals surface area (Å²) in [4.78, 5) is 8.34. The van der Waals surface area contributed by atoms with Gasteiger partial charge in [0.25, 0.3) is 6.71 Å². The van der Waals surface area contributed by atoms with Crippen molar-refractivity contribution in [1.82, 2.24) is 0 Å². The topological polar surface area (TPSA) is 9.72 Å². The van der Waals surface area contributed by atoms with E-state index in [0.29, 0.717) is 0 Å². The number of anilines is 8. The SMILES string of the molecule is CC(C)(C)c1ccc(N2c3ccc(C(C)(C)C)cc3B3c4sc5cc6c(cc5c4N(c4ccc5c(c4)C(C)(C)CCC5(C)C)c4cc(N5c7ccccc7C7(C)CCCCC57C)cc2c43)C2(C)CCC6(C)C2)cc1. The fraction of sp³-hybridized carbons (Fsp3) is 0.449. The van der Waals surface area contributed by atoms with Crippen LogP contribution in [0.15, 0.2) is 109 Å². The zero-order chi connectivity index (χ0) is 51.7. The van der Waals surface area contributed by atoms with E-state index in [9.17, 15) is 0 Å². The van der Waals surface area contributed by atoms with E-state index in [0.717, 1.165) is 6.42 Å². The van der Waals surface area contributed by atoms with Crippen LogP contribution >= 0.6 is 11.3 Å². The van der Waals surface area contributed by atoms with Gasteiger partial charge in [0, 0.05) is 60.1 Å². The standard InChI is InChI=1S/C69H78BN3S/c1-62(2,3)42-21-24-44(25-22-42)71-55-28-23-43(63(4,5)6)35-53(55)70-59-56(71)37-46(73-54-20-16-15-19-49(54)68(13)29-17-18-30-69(68,73)14)38-57(59)72(45-26-27-48-50(36-45)65(9,10)32-31-64(48,7)8)60-47-39-51-52(40-58(47)74-61(60)70)67(12)34-33-66(51,11)41-67/h15-16,19-28,35-40H,17-18,29-34,41H2,1-14H3. The quantitative estimate of drug-likeness (QED) is 0.163. The number of hydrogen-bond donors (Lipinski definition) is 0. The van der Waals surface area contributed by atoms with Crippen LogP contribution in [0.5, 0.6) is 0 Å². The fourth-order valence-electron chi connectivity index (χ4n) is 16.6. The highest BCUT2D eigenvalue weighted by Crippen LogP contribution is 2.64. The van der Waals surface area contributed by atoms with Gasteiger partial charge in [-0.2, -0.15) is 0 Å². The van der Waals surface area contributed by atoms with Crippen molar-refractivity contribution in [2.24, 2.45) is 0 Å². The summed E-state index contributed by atoms with van der Waals surface area (Å²) in [6.07, 6.45) is 11.1. The first-order valence-corrected chi connectivity index (χ1v) is 29.4. The minimum Gasteiger partial charge on any atom is -0.334 e. The van der Waals surface area contributed by atoms with Gasteiger partial charge in [-0.3, -0.25) is 0 Å². The van der Waals surface area contributed by atoms with Crippen molar-refractivity contribution >= 4 is 89.3 Å². The number of fused-ring (bicyclic) bond motifs is 15. The van der Waals surface area contributed by atoms with Gasteiger partial charge in [0.2, 0.25) is 0 Å². The molecule has 7 aliphatic rings. The van der Waals surface area contributed by atoms with Gasteiger partial charge in [0.15, 0.2) is 0 Å². The molecule has 0 N–H and O–H groups in total. The molecular weight excluding hydrogens is 914 g/mol. The summed E-state index contributed by atoms with van der Waals surface area (Å²) in [6, 6.07) is 45.1. The lowest BCUT2D eigenvalue weighted by molar-refractivity contribution is 0.195. The van der Waals surface area contributed by atoms with Crippen molar-refractivity contribution in [2.45, 2.75) is 198 Å². The summed E-state index contributed by atoms with van der Waals surface area (Å²) in [5.41, 5.74) is 24.4. The molecule has 2 saturated carbocycles. The number of para-hydroxylation sites is 1. The molecule has 5 heteroatoms. The molecule has 4 unspecified atom stereocenters. The molecule has 6 aromatic carbocycles. The Morgan fingerprint density at radius 1 is 0.486 bits per heavy atom. The molecule has 1 aromatic heterocycles. The normalized spacial score (nSPS) is 26.6. The van der Waals surface area contributed by atoms with Gasteiger partial charge in [-0.15, -0.1) is 11.3 Å². The molecule has 74 heavy (non-hydrogen) atoms. The van der Waals surface area contributed by atoms with E-state index in [2.05, 4.69) is 232 Å². The Bertz CT molecular complexity index is 3560. The van der Waals surface area contributed by atoms with Crippen molar-refractivity contribution in [1.29, 1.82) is 0 Å². The van der Waals surface area contributed by atoms with Gasteiger partial charge in [-0.25, -0.2) is 0 Å². The molecule has 4 atom stereocenters. The maximum Gasteiger partial charge on any atom is 0.264 e. The molecule has 0 radical (unpaired) electrons. The first-order chi connectivity index (χ1) is 34.9. The van der Waals surface area contributed by atoms with Crippen molar-refractivity contribution in [3.05, 3.63) is 148 Å². The molecule has 378 valence electrons. The predicted octanol–water partition coefficient (Wildman–Crippen LogP) is 17.4. The molecule has 0 saturated heterocycles. The van der Waals surface area contributed by atoms with Crippen LogP contribution in [0.4, 0.5) is 45.5 Å². The molecule has 7 aromatic rings. The maximum atomic E-state index is 2.84. The van der Waals surface area contributed by atoms with E-state index in [4.69, 9.17) is 0 Å². The summed E-state index contributed by atoms with van der Waals surface area (Å²) in [5, 5.41) is 1.43. The summed E-state index contributed by atoms with van der Waals surface area (Å²) in [6.45, 7) is 34.5. The molecule has 2 bridgehead atoms. The second-order valence-electron chi connectivity index (χ2n) is 29.0. The lowest BCUT2D eigenvalue weighted by Gasteiger charge is -2.51. The third kappa shape index (κ3) is 6.20. The average Bonchev–Trinajstić information content (AvgIpc) is 4.03. The van der Waals surface area contributed by atoms with E-state index in [1.807, 2.05) is 0 Å². The number of nitrogens with zero attached hydrogens (tertiary/aromatic N) is 3. The van der Waals surface area contributed by atoms with Crippen LogP contribution in [0, 0.1) is 0 Å². The third-order valence-corrected chi connectivity index (χ3v) is 22.5. The molecular formula is C69H78BN3S. The first-order valence-electron chi connectivity index (χ1n) is 28.5. The number of thiophene rings is 1. The van der Waals surface area contributed by atoms with Gasteiger partial charge >= 0.3 is 0 Å². The van der Waals surface area contributed by atoms with Crippen LogP contribution in [0.1, 0.15) is 194 Å². The van der Waals surface area contributed by atoms with Gasteiger partial charge in [-0.1, -0.05) is 151 Å². The van der Waals surface area contributed by atoms with E-state index in [1.165, 1.54) is 150 Å². The van der Waals surface area contributed by atoms with Crippen LogP contribution < -0.4 is 30.4 Å². The predicted molar refractivity (Wildman–Crippen MR) is 320 cm³/mol. The number of hydrogen-bond acceptors (Lipinski definition) is 4. The summed E-state index contributed by atoms with van der Waals surface area (Å²) in [7, 11) is 0. The molecule has 4 aliphatic carbocycles. The molecule has 0 amide bonds. The minimum absolute atomic E-state index is 0.0230. The Labute approximate surface area is 447 Å². The Hall–Kier alpha value is -5.26. The Kier molecular flexibility index (Phi) is 9.45. The second kappa shape index (κ2) is 14.8. The average molecular weight is 992 g/mol. The summed E-state index contributed by atoms with van der Waals surface area (Å²) in [5.74, 6) is 0. The van der Waals surface area contributed by atoms with Crippen LogP contribution in [0.25, 0.3) is 10.1 Å². The minimum atomic E-state index is -0.102. The van der Waals surface area contributed by atoms with Crippen LogP contribution in [-0.4, -0.2) is 12.3 Å². The highest BCUT2D eigenvalue weighted by Gasteiger charge is 2.59. The van der Waals surface area contributed by atoms with Crippen LogP contribution in [0.2, 0.25) is 0 Å². The van der Waals surface area contributed by atoms with Crippen molar-refractivity contribution in [3.63, 3.8) is 0 Å². The third-order valence-electron chi connectivity index (χ3n) is 21.3. The molecule has 3 nitrogen and oxygen atoms in total. The molecule has 0 spiro atoms. The summed E-state index contributed by atoms with van der Waals surface area (Å²) >= 11 is 2.10. The largest absolute Gasteiger partial charge is 0.334 e. The second-order valence-corrected chi connectivity index (χ2v) is 30.1. The fourth-order valence-corrected chi connectivity index (χ4v) is 18.0. The smallest absolute Gasteiger partial charge is 0.264 e. The van der Waals surface area contributed by atoms with Gasteiger partial charge in [0.1, 0.15) is 0 Å². The maximum absolute atomic E-state index is 2.84. The van der Waals surface area contributed by atoms with E-state index in [-0.39, 0.29) is 50.2 Å². The molecule has 3 aliphatic heterocycles. The molecule has 2 fully saturated rings. The van der Waals surface area contributed by atoms with Gasteiger partial charge in [-0.05, 0) is 195 Å². The Morgan fingerprint density at radius 2 is 1.11 bits per heavy atom. The lowest BCUT2D eigenvalue weighted by Crippen LogP contribution is -2.61. The highest BCUT2D eigenvalue weighted by molar-refractivity contribution is 7.33. The van der Waals surface area contributed by atoms with Crippen molar-refractivity contribution in [2.75, 3.05) is 14.7 Å².